The smallest absolute Gasteiger partial charge is 0.396 e. The Morgan fingerprint density at radius 2 is 1.69 bits per heavy atom. The van der Waals surface area contributed by atoms with E-state index in [1.165, 1.54) is 5.56 Å². The molecule has 0 aliphatic heterocycles. The first kappa shape index (κ1) is 12.1. The lowest BCUT2D eigenvalue weighted by Crippen LogP contribution is -1.87. The molecular weight excluding hydrogens is 173 g/mol. The van der Waals surface area contributed by atoms with Crippen LogP contribution in [0.4, 0.5) is 8.63 Å². The Bertz CT molecular complexity index is 194. The van der Waals surface area contributed by atoms with E-state index in [0.29, 0.717) is 0 Å². The van der Waals surface area contributed by atoms with E-state index in [-0.39, 0.29) is 6.61 Å². The molecule has 1 aromatic rings. The minimum Gasteiger partial charge on any atom is -0.396 e. The molecule has 0 bridgehead atoms. The second-order valence-corrected chi connectivity index (χ2v) is 2.40. The van der Waals surface area contributed by atoms with Crippen LogP contribution in [0.3, 0.4) is 0 Å². The third kappa shape index (κ3) is 7.47. The van der Waals surface area contributed by atoms with Crippen molar-refractivity contribution in [3.8, 4) is 0 Å². The number of rotatable bonds is 3. The Morgan fingerprint density at radius 1 is 1.15 bits per heavy atom. The van der Waals surface area contributed by atoms with Crippen LogP contribution in [0.2, 0.25) is 0 Å². The molecule has 0 spiro atoms. The van der Waals surface area contributed by atoms with Crippen LogP contribution >= 0.6 is 0 Å². The van der Waals surface area contributed by atoms with E-state index in [9.17, 15) is 8.63 Å². The van der Waals surface area contributed by atoms with Gasteiger partial charge in [0.1, 0.15) is 0 Å². The fourth-order valence-electron chi connectivity index (χ4n) is 0.928. The average Bonchev–Trinajstić information content (AvgIpc) is 2.18. The predicted octanol–water partition coefficient (Wildman–Crippen LogP) is 2.07. The molecule has 0 aliphatic carbocycles. The highest BCUT2D eigenvalue weighted by Gasteiger charge is 1.87. The van der Waals surface area contributed by atoms with E-state index in [0.717, 1.165) is 12.8 Å². The summed E-state index contributed by atoms with van der Waals surface area (Å²) < 4.78 is 19.0. The van der Waals surface area contributed by atoms with Crippen LogP contribution in [0, 0.1) is 0 Å². The molecule has 0 aliphatic rings. The molecule has 0 atom stereocenters. The molecule has 13 heavy (non-hydrogen) atoms. The molecule has 71 valence electrons. The normalized spacial score (nSPS) is 8.54. The van der Waals surface area contributed by atoms with Crippen molar-refractivity contribution in [3.05, 3.63) is 35.9 Å². The van der Waals surface area contributed by atoms with Crippen molar-refractivity contribution < 1.29 is 13.7 Å². The summed E-state index contributed by atoms with van der Waals surface area (Å²) in [6.07, 6.45) is 1.85. The summed E-state index contributed by atoms with van der Waals surface area (Å²) in [5, 5.41) is 8.53. The fourth-order valence-corrected chi connectivity index (χ4v) is 0.928. The molecule has 4 heteroatoms. The molecule has 0 fully saturated rings. The maximum absolute atomic E-state index is 9.50. The highest BCUT2D eigenvalue weighted by molar-refractivity contribution is 6.15. The van der Waals surface area contributed by atoms with Gasteiger partial charge in [-0.1, -0.05) is 30.3 Å². The summed E-state index contributed by atoms with van der Waals surface area (Å²) in [6.45, 7) is 0.287. The summed E-state index contributed by atoms with van der Waals surface area (Å²) in [6, 6.07) is 10.2. The van der Waals surface area contributed by atoms with Gasteiger partial charge in [0.25, 0.3) is 0 Å². The van der Waals surface area contributed by atoms with E-state index < -0.39 is 7.83 Å². The monoisotopic (exact) mass is 185 g/mol. The van der Waals surface area contributed by atoms with Crippen molar-refractivity contribution in [2.24, 2.45) is 0 Å². The van der Waals surface area contributed by atoms with Crippen LogP contribution in [-0.4, -0.2) is 19.5 Å². The van der Waals surface area contributed by atoms with Gasteiger partial charge in [-0.25, -0.2) is 0 Å². The zero-order valence-electron chi connectivity index (χ0n) is 7.29. The molecule has 1 N–H and O–H groups in total. The van der Waals surface area contributed by atoms with Gasteiger partial charge in [-0.2, -0.15) is 0 Å². The molecule has 1 radical (unpaired) electrons. The molecule has 0 amide bonds. The first-order valence-corrected chi connectivity index (χ1v) is 4.02. The van der Waals surface area contributed by atoms with Crippen LogP contribution in [0.15, 0.2) is 30.3 Å². The van der Waals surface area contributed by atoms with Crippen molar-refractivity contribution in [2.45, 2.75) is 12.8 Å². The summed E-state index contributed by atoms with van der Waals surface area (Å²) in [7, 11) is -1.00. The molecule has 0 saturated carbocycles. The molecule has 0 heterocycles. The average molecular weight is 185 g/mol. The van der Waals surface area contributed by atoms with Gasteiger partial charge in [-0.3, -0.25) is 8.63 Å². The van der Waals surface area contributed by atoms with Gasteiger partial charge in [-0.05, 0) is 18.4 Å². The molecule has 1 rings (SSSR count). The maximum atomic E-state index is 9.50. The lowest BCUT2D eigenvalue weighted by atomic mass is 10.1. The van der Waals surface area contributed by atoms with E-state index in [2.05, 4.69) is 12.1 Å². The van der Waals surface area contributed by atoms with Crippen LogP contribution < -0.4 is 0 Å². The van der Waals surface area contributed by atoms with Gasteiger partial charge in [-0.15, -0.1) is 0 Å². The number of hydrogen-bond donors (Lipinski definition) is 1. The van der Waals surface area contributed by atoms with Crippen LogP contribution in [0.5, 0.6) is 0 Å². The van der Waals surface area contributed by atoms with Gasteiger partial charge >= 0.3 is 7.83 Å². The van der Waals surface area contributed by atoms with E-state index in [1.54, 1.807) is 0 Å². The number of halogens is 2. The molecule has 0 unspecified atom stereocenters. The second kappa shape index (κ2) is 9.19. The Morgan fingerprint density at radius 3 is 2.15 bits per heavy atom. The molecule has 0 aromatic heterocycles. The second-order valence-electron chi connectivity index (χ2n) is 2.40. The lowest BCUT2D eigenvalue weighted by Gasteiger charge is -1.96. The van der Waals surface area contributed by atoms with Crippen molar-refractivity contribution >= 4 is 7.83 Å². The lowest BCUT2D eigenvalue weighted by molar-refractivity contribution is 0.288. The number of aliphatic hydroxyl groups is 1. The third-order valence-electron chi connectivity index (χ3n) is 1.47. The molecule has 0 saturated heterocycles. The topological polar surface area (TPSA) is 20.2 Å². The molecule has 1 nitrogen and oxygen atoms in total. The highest BCUT2D eigenvalue weighted by Crippen LogP contribution is 2.00. The SMILES string of the molecule is F[B]F.OCCCc1ccccc1. The van der Waals surface area contributed by atoms with Crippen LogP contribution in [0.25, 0.3) is 0 Å². The largest absolute Gasteiger partial charge is 0.577 e. The van der Waals surface area contributed by atoms with Crippen LogP contribution in [-0.2, 0) is 6.42 Å². The predicted molar refractivity (Wildman–Crippen MR) is 49.8 cm³/mol. The fraction of sp³-hybridized carbons (Fsp3) is 0.333. The zero-order valence-corrected chi connectivity index (χ0v) is 7.29. The van der Waals surface area contributed by atoms with E-state index >= 15 is 0 Å². The standard InChI is InChI=1S/C9H12O.BF2/c10-8-4-7-9-5-2-1-3-6-9;2-1-3/h1-3,5-6,10H,4,7-8H2;. The van der Waals surface area contributed by atoms with Gasteiger partial charge < -0.3 is 5.11 Å². The van der Waals surface area contributed by atoms with Gasteiger partial charge in [0.05, 0.1) is 0 Å². The summed E-state index contributed by atoms with van der Waals surface area (Å²) >= 11 is 0. The van der Waals surface area contributed by atoms with Crippen molar-refractivity contribution in [2.75, 3.05) is 6.61 Å². The van der Waals surface area contributed by atoms with Crippen molar-refractivity contribution in [1.82, 2.24) is 0 Å². The minimum atomic E-state index is -1.00. The number of benzene rings is 1. The summed E-state index contributed by atoms with van der Waals surface area (Å²) in [5.41, 5.74) is 1.30. The molecular formula is C9H12BF2O. The van der Waals surface area contributed by atoms with Gasteiger partial charge in [0.2, 0.25) is 0 Å². The summed E-state index contributed by atoms with van der Waals surface area (Å²) in [4.78, 5) is 0. The quantitative estimate of drug-likeness (QED) is 0.714. The minimum absolute atomic E-state index is 0.287. The Labute approximate surface area is 77.7 Å². The third-order valence-corrected chi connectivity index (χ3v) is 1.47. The van der Waals surface area contributed by atoms with Crippen LogP contribution in [0.1, 0.15) is 12.0 Å². The Hall–Kier alpha value is -0.895. The van der Waals surface area contributed by atoms with Gasteiger partial charge in [0, 0.05) is 6.61 Å². The first-order chi connectivity index (χ1) is 6.35. The maximum Gasteiger partial charge on any atom is 0.577 e. The first-order valence-electron chi connectivity index (χ1n) is 4.02. The Kier molecular flexibility index (Phi) is 8.56. The zero-order chi connectivity index (χ0) is 9.94. The highest BCUT2D eigenvalue weighted by atomic mass is 19.2. The number of aliphatic hydroxyl groups excluding tert-OH is 1. The van der Waals surface area contributed by atoms with E-state index in [4.69, 9.17) is 5.11 Å². The Balaban J connectivity index is 0.000000424. The van der Waals surface area contributed by atoms with Crippen molar-refractivity contribution in [1.29, 1.82) is 0 Å². The number of aryl methyl sites for hydroxylation is 1. The molecule has 1 aromatic carbocycles. The summed E-state index contributed by atoms with van der Waals surface area (Å²) in [5.74, 6) is 0. The van der Waals surface area contributed by atoms with Gasteiger partial charge in [0.15, 0.2) is 0 Å². The number of hydrogen-bond acceptors (Lipinski definition) is 1. The van der Waals surface area contributed by atoms with E-state index in [1.807, 2.05) is 18.2 Å². The van der Waals surface area contributed by atoms with Crippen molar-refractivity contribution in [3.63, 3.8) is 0 Å².